The van der Waals surface area contributed by atoms with Gasteiger partial charge in [-0.25, -0.2) is 4.68 Å². The highest BCUT2D eigenvalue weighted by Crippen LogP contribution is 2.01. The quantitative estimate of drug-likeness (QED) is 0.735. The number of nitrogens with zero attached hydrogens (tertiary/aromatic N) is 2. The van der Waals surface area contributed by atoms with Gasteiger partial charge >= 0.3 is 0 Å². The molecule has 1 aromatic heterocycles. The Balaban J connectivity index is 2.29. The van der Waals surface area contributed by atoms with Gasteiger partial charge in [-0.2, -0.15) is 5.10 Å². The summed E-state index contributed by atoms with van der Waals surface area (Å²) in [4.78, 5) is 11.6. The van der Waals surface area contributed by atoms with Crippen molar-refractivity contribution in [1.29, 1.82) is 0 Å². The highest BCUT2D eigenvalue weighted by atomic mass is 16.1. The highest BCUT2D eigenvalue weighted by Gasteiger charge is 2.01. The zero-order chi connectivity index (χ0) is 12.7. The van der Waals surface area contributed by atoms with E-state index in [0.29, 0.717) is 6.04 Å². The van der Waals surface area contributed by atoms with Crippen molar-refractivity contribution in [3.63, 3.8) is 0 Å². The van der Waals surface area contributed by atoms with Crippen LogP contribution < -0.4 is 10.9 Å². The Morgan fingerprint density at radius 1 is 1.47 bits per heavy atom. The van der Waals surface area contributed by atoms with E-state index in [1.54, 1.807) is 16.9 Å². The molecule has 0 aliphatic carbocycles. The van der Waals surface area contributed by atoms with Gasteiger partial charge in [-0.1, -0.05) is 13.3 Å². The smallest absolute Gasteiger partial charge is 0.266 e. The summed E-state index contributed by atoms with van der Waals surface area (Å²) in [6.07, 6.45) is 5.01. The Kier molecular flexibility index (Phi) is 5.91. The fraction of sp³-hybridized carbons (Fsp3) is 0.692. The van der Waals surface area contributed by atoms with E-state index in [-0.39, 0.29) is 5.56 Å². The van der Waals surface area contributed by atoms with Crippen molar-refractivity contribution < 1.29 is 0 Å². The molecule has 0 spiro atoms. The van der Waals surface area contributed by atoms with Crippen molar-refractivity contribution in [2.24, 2.45) is 0 Å². The summed E-state index contributed by atoms with van der Waals surface area (Å²) >= 11 is 0. The van der Waals surface area contributed by atoms with Crippen molar-refractivity contribution in [3.8, 4) is 0 Å². The maximum absolute atomic E-state index is 11.6. The SMILES string of the molecule is CCNC(C)CCCCn1ncc(C)cc1=O. The molecule has 4 nitrogen and oxygen atoms in total. The average molecular weight is 237 g/mol. The minimum Gasteiger partial charge on any atom is -0.315 e. The van der Waals surface area contributed by atoms with E-state index in [2.05, 4.69) is 24.3 Å². The van der Waals surface area contributed by atoms with Crippen LogP contribution in [0.5, 0.6) is 0 Å². The minimum absolute atomic E-state index is 0.00438. The summed E-state index contributed by atoms with van der Waals surface area (Å²) in [6.45, 7) is 7.93. The number of hydrogen-bond donors (Lipinski definition) is 1. The molecule has 1 rings (SSSR count). The van der Waals surface area contributed by atoms with Crippen LogP contribution >= 0.6 is 0 Å². The molecule has 1 aromatic rings. The number of unbranched alkanes of at least 4 members (excludes halogenated alkanes) is 1. The molecule has 0 saturated carbocycles. The number of aromatic nitrogens is 2. The highest BCUT2D eigenvalue weighted by molar-refractivity contribution is 5.02. The molecule has 1 unspecified atom stereocenters. The van der Waals surface area contributed by atoms with Crippen LogP contribution in [-0.4, -0.2) is 22.4 Å². The molecule has 0 radical (unpaired) electrons. The van der Waals surface area contributed by atoms with Gasteiger partial charge in [0, 0.05) is 18.7 Å². The maximum Gasteiger partial charge on any atom is 0.266 e. The number of nitrogens with one attached hydrogen (secondary N) is 1. The molecule has 1 heterocycles. The molecule has 0 saturated heterocycles. The standard InChI is InChI=1S/C13H23N3O/c1-4-14-12(3)7-5-6-8-16-13(17)9-11(2)10-15-16/h9-10,12,14H,4-8H2,1-3H3. The van der Waals surface area contributed by atoms with Gasteiger partial charge in [0.2, 0.25) is 0 Å². The Bertz CT molecular complexity index is 386. The summed E-state index contributed by atoms with van der Waals surface area (Å²) in [5.41, 5.74) is 0.928. The van der Waals surface area contributed by atoms with Crippen molar-refractivity contribution in [2.75, 3.05) is 6.54 Å². The third kappa shape index (κ3) is 5.13. The van der Waals surface area contributed by atoms with Crippen LogP contribution in [0, 0.1) is 6.92 Å². The Labute approximate surface area is 103 Å². The summed E-state index contributed by atoms with van der Waals surface area (Å²) in [7, 11) is 0. The van der Waals surface area contributed by atoms with Gasteiger partial charge in [0.25, 0.3) is 5.56 Å². The first-order valence-electron chi connectivity index (χ1n) is 6.40. The number of aryl methyl sites for hydroxylation is 2. The van der Waals surface area contributed by atoms with Crippen LogP contribution in [0.2, 0.25) is 0 Å². The van der Waals surface area contributed by atoms with E-state index in [1.165, 1.54) is 0 Å². The first-order chi connectivity index (χ1) is 8.13. The van der Waals surface area contributed by atoms with Gasteiger partial charge in [0.05, 0.1) is 6.20 Å². The van der Waals surface area contributed by atoms with Crippen LogP contribution in [0.3, 0.4) is 0 Å². The monoisotopic (exact) mass is 237 g/mol. The summed E-state index contributed by atoms with van der Waals surface area (Å²) in [6, 6.07) is 2.19. The zero-order valence-electron chi connectivity index (χ0n) is 11.1. The summed E-state index contributed by atoms with van der Waals surface area (Å²) in [5.74, 6) is 0. The summed E-state index contributed by atoms with van der Waals surface area (Å²) < 4.78 is 1.55. The molecule has 0 aliphatic heterocycles. The molecule has 1 N–H and O–H groups in total. The zero-order valence-corrected chi connectivity index (χ0v) is 11.1. The van der Waals surface area contributed by atoms with E-state index < -0.39 is 0 Å². The van der Waals surface area contributed by atoms with E-state index in [0.717, 1.165) is 37.9 Å². The molecule has 0 fully saturated rings. The molecular formula is C13H23N3O. The van der Waals surface area contributed by atoms with E-state index in [1.807, 2.05) is 6.92 Å². The largest absolute Gasteiger partial charge is 0.315 e. The molecule has 17 heavy (non-hydrogen) atoms. The van der Waals surface area contributed by atoms with Gasteiger partial charge in [-0.15, -0.1) is 0 Å². The lowest BCUT2D eigenvalue weighted by Crippen LogP contribution is -2.26. The van der Waals surface area contributed by atoms with Crippen LogP contribution in [0.15, 0.2) is 17.1 Å². The second kappa shape index (κ2) is 7.22. The lowest BCUT2D eigenvalue weighted by Gasteiger charge is -2.11. The van der Waals surface area contributed by atoms with Crippen LogP contribution in [0.25, 0.3) is 0 Å². The third-order valence-corrected chi connectivity index (χ3v) is 2.82. The maximum atomic E-state index is 11.6. The fourth-order valence-corrected chi connectivity index (χ4v) is 1.85. The van der Waals surface area contributed by atoms with E-state index in [4.69, 9.17) is 0 Å². The number of rotatable bonds is 7. The lowest BCUT2D eigenvalue weighted by molar-refractivity contribution is 0.467. The molecule has 0 amide bonds. The molecule has 0 bridgehead atoms. The van der Waals surface area contributed by atoms with Crippen molar-refractivity contribution in [3.05, 3.63) is 28.2 Å². The van der Waals surface area contributed by atoms with Crippen LogP contribution in [0.4, 0.5) is 0 Å². The average Bonchev–Trinajstić information content (AvgIpc) is 2.27. The van der Waals surface area contributed by atoms with Gasteiger partial charge in [0.15, 0.2) is 0 Å². The predicted molar refractivity (Wildman–Crippen MR) is 70.2 cm³/mol. The normalized spacial score (nSPS) is 12.6. The predicted octanol–water partition coefficient (Wildman–Crippen LogP) is 1.72. The summed E-state index contributed by atoms with van der Waals surface area (Å²) in [5, 5.41) is 7.50. The van der Waals surface area contributed by atoms with Crippen LogP contribution in [0.1, 0.15) is 38.7 Å². The van der Waals surface area contributed by atoms with Gasteiger partial charge < -0.3 is 5.32 Å². The Morgan fingerprint density at radius 2 is 2.24 bits per heavy atom. The van der Waals surface area contributed by atoms with E-state index >= 15 is 0 Å². The third-order valence-electron chi connectivity index (χ3n) is 2.82. The van der Waals surface area contributed by atoms with Crippen LogP contribution in [-0.2, 0) is 6.54 Å². The second-order valence-corrected chi connectivity index (χ2v) is 4.55. The first-order valence-corrected chi connectivity index (χ1v) is 6.40. The van der Waals surface area contributed by atoms with Gasteiger partial charge in [-0.05, 0) is 38.8 Å². The lowest BCUT2D eigenvalue weighted by atomic mass is 10.1. The molecule has 0 aliphatic rings. The van der Waals surface area contributed by atoms with Crippen molar-refractivity contribution >= 4 is 0 Å². The first kappa shape index (κ1) is 13.9. The van der Waals surface area contributed by atoms with Crippen molar-refractivity contribution in [2.45, 2.75) is 52.6 Å². The molecule has 96 valence electrons. The van der Waals surface area contributed by atoms with E-state index in [9.17, 15) is 4.79 Å². The molecule has 1 atom stereocenters. The van der Waals surface area contributed by atoms with Gasteiger partial charge in [-0.3, -0.25) is 4.79 Å². The second-order valence-electron chi connectivity index (χ2n) is 4.55. The minimum atomic E-state index is 0.00438. The Hall–Kier alpha value is -1.16. The topological polar surface area (TPSA) is 46.9 Å². The molecular weight excluding hydrogens is 214 g/mol. The molecule has 4 heteroatoms. The number of hydrogen-bond acceptors (Lipinski definition) is 3. The Morgan fingerprint density at radius 3 is 2.88 bits per heavy atom. The van der Waals surface area contributed by atoms with Crippen molar-refractivity contribution in [1.82, 2.24) is 15.1 Å². The van der Waals surface area contributed by atoms with Gasteiger partial charge in [0.1, 0.15) is 0 Å². The molecule has 0 aromatic carbocycles. The fourth-order valence-electron chi connectivity index (χ4n) is 1.85.